The molecular weight excluding hydrogens is 312 g/mol. The van der Waals surface area contributed by atoms with Gasteiger partial charge in [-0.1, -0.05) is 29.8 Å². The lowest BCUT2D eigenvalue weighted by atomic mass is 9.90. The van der Waals surface area contributed by atoms with Crippen LogP contribution in [0, 0.1) is 19.8 Å². The Hall–Kier alpha value is -2.20. The Kier molecular flexibility index (Phi) is 5.49. The number of likely N-dealkylation sites (tertiary alicyclic amines) is 1. The Bertz CT molecular complexity index is 730. The molecule has 0 radical (unpaired) electrons. The van der Waals surface area contributed by atoms with Crippen molar-refractivity contribution in [2.75, 3.05) is 13.1 Å². The minimum absolute atomic E-state index is 0.164. The van der Waals surface area contributed by atoms with E-state index in [2.05, 4.69) is 48.0 Å². The highest BCUT2D eigenvalue weighted by molar-refractivity contribution is 5.70. The molecule has 4 heteroatoms. The normalized spacial score (nSPS) is 19.5. The van der Waals surface area contributed by atoms with Gasteiger partial charge in [-0.15, -0.1) is 0 Å². The SMILES string of the molecule is Cc1ccc(C)c(C(Cc2ccccn2)N2CCCC(C(=O)O)C2)c1. The molecule has 1 aliphatic heterocycles. The average molecular weight is 338 g/mol. The van der Waals surface area contributed by atoms with Gasteiger partial charge in [0.05, 0.1) is 5.92 Å². The highest BCUT2D eigenvalue weighted by Crippen LogP contribution is 2.32. The van der Waals surface area contributed by atoms with Crippen molar-refractivity contribution in [2.45, 2.75) is 39.2 Å². The van der Waals surface area contributed by atoms with Crippen molar-refractivity contribution < 1.29 is 9.90 Å². The molecule has 2 unspecified atom stereocenters. The molecule has 0 aliphatic carbocycles. The number of pyridine rings is 1. The van der Waals surface area contributed by atoms with Crippen LogP contribution < -0.4 is 0 Å². The predicted molar refractivity (Wildman–Crippen MR) is 98.5 cm³/mol. The van der Waals surface area contributed by atoms with Crippen molar-refractivity contribution in [1.29, 1.82) is 0 Å². The Balaban J connectivity index is 1.93. The van der Waals surface area contributed by atoms with Crippen molar-refractivity contribution >= 4 is 5.97 Å². The fourth-order valence-corrected chi connectivity index (χ4v) is 3.76. The zero-order valence-electron chi connectivity index (χ0n) is 15.0. The Morgan fingerprint density at radius 1 is 1.32 bits per heavy atom. The first-order chi connectivity index (χ1) is 12.0. The van der Waals surface area contributed by atoms with Gasteiger partial charge < -0.3 is 5.11 Å². The van der Waals surface area contributed by atoms with E-state index < -0.39 is 5.97 Å². The molecule has 2 atom stereocenters. The van der Waals surface area contributed by atoms with Crippen molar-refractivity contribution in [3.63, 3.8) is 0 Å². The van der Waals surface area contributed by atoms with Crippen molar-refractivity contribution in [2.24, 2.45) is 5.92 Å². The second-order valence-electron chi connectivity index (χ2n) is 7.07. The summed E-state index contributed by atoms with van der Waals surface area (Å²) in [5, 5.41) is 9.46. The summed E-state index contributed by atoms with van der Waals surface area (Å²) in [4.78, 5) is 18.3. The molecule has 25 heavy (non-hydrogen) atoms. The summed E-state index contributed by atoms with van der Waals surface area (Å²) >= 11 is 0. The molecule has 3 rings (SSSR count). The number of aryl methyl sites for hydroxylation is 2. The summed E-state index contributed by atoms with van der Waals surface area (Å²) in [5.41, 5.74) is 4.82. The molecule has 0 spiro atoms. The number of carboxylic acids is 1. The third kappa shape index (κ3) is 4.26. The number of rotatable bonds is 5. The average Bonchev–Trinajstić information content (AvgIpc) is 2.63. The zero-order valence-corrected chi connectivity index (χ0v) is 15.0. The summed E-state index contributed by atoms with van der Waals surface area (Å²) in [6.45, 7) is 5.80. The summed E-state index contributed by atoms with van der Waals surface area (Å²) in [7, 11) is 0. The smallest absolute Gasteiger partial charge is 0.307 e. The van der Waals surface area contributed by atoms with Crippen LogP contribution in [0.4, 0.5) is 0 Å². The molecule has 2 aromatic rings. The largest absolute Gasteiger partial charge is 0.481 e. The van der Waals surface area contributed by atoms with Crippen LogP contribution in [0.5, 0.6) is 0 Å². The maximum Gasteiger partial charge on any atom is 0.307 e. The highest BCUT2D eigenvalue weighted by Gasteiger charge is 2.31. The maximum absolute atomic E-state index is 11.5. The number of aromatic nitrogens is 1. The van der Waals surface area contributed by atoms with Crippen LogP contribution in [0.15, 0.2) is 42.6 Å². The predicted octanol–water partition coefficient (Wildman–Crippen LogP) is 3.78. The highest BCUT2D eigenvalue weighted by atomic mass is 16.4. The molecule has 4 nitrogen and oxygen atoms in total. The number of hydrogen-bond donors (Lipinski definition) is 1. The topological polar surface area (TPSA) is 53.4 Å². The molecule has 1 aromatic heterocycles. The summed E-state index contributed by atoms with van der Waals surface area (Å²) < 4.78 is 0. The van der Waals surface area contributed by atoms with E-state index in [9.17, 15) is 9.90 Å². The molecule has 0 saturated carbocycles. The van der Waals surface area contributed by atoms with Crippen LogP contribution >= 0.6 is 0 Å². The molecule has 0 bridgehead atoms. The summed E-state index contributed by atoms with van der Waals surface area (Å²) in [6, 6.07) is 12.7. The molecule has 1 aromatic carbocycles. The first kappa shape index (κ1) is 17.6. The lowest BCUT2D eigenvalue weighted by Crippen LogP contribution is -2.41. The molecular formula is C21H26N2O2. The number of carboxylic acid groups (broad SMARTS) is 1. The lowest BCUT2D eigenvalue weighted by Gasteiger charge is -2.38. The van der Waals surface area contributed by atoms with Crippen molar-refractivity contribution in [1.82, 2.24) is 9.88 Å². The molecule has 1 N–H and O–H groups in total. The van der Waals surface area contributed by atoms with Gasteiger partial charge in [0.25, 0.3) is 0 Å². The molecule has 1 saturated heterocycles. The zero-order chi connectivity index (χ0) is 17.8. The molecule has 132 valence electrons. The van der Waals surface area contributed by atoms with Gasteiger partial charge in [-0.3, -0.25) is 14.7 Å². The lowest BCUT2D eigenvalue weighted by molar-refractivity contribution is -0.144. The van der Waals surface area contributed by atoms with Crippen LogP contribution in [-0.2, 0) is 11.2 Å². The first-order valence-electron chi connectivity index (χ1n) is 8.98. The quantitative estimate of drug-likeness (QED) is 0.901. The van der Waals surface area contributed by atoms with E-state index in [0.29, 0.717) is 6.54 Å². The minimum atomic E-state index is -0.678. The number of nitrogens with zero attached hydrogens (tertiary/aromatic N) is 2. The third-order valence-electron chi connectivity index (χ3n) is 5.17. The van der Waals surface area contributed by atoms with Gasteiger partial charge in [0.15, 0.2) is 0 Å². The monoisotopic (exact) mass is 338 g/mol. The molecule has 1 fully saturated rings. The van der Waals surface area contributed by atoms with Gasteiger partial charge in [0, 0.05) is 30.9 Å². The molecule has 2 heterocycles. The van der Waals surface area contributed by atoms with Crippen LogP contribution in [0.1, 0.15) is 41.3 Å². The fourth-order valence-electron chi connectivity index (χ4n) is 3.76. The fraction of sp³-hybridized carbons (Fsp3) is 0.429. The van der Waals surface area contributed by atoms with Gasteiger partial charge >= 0.3 is 5.97 Å². The van der Waals surface area contributed by atoms with E-state index in [-0.39, 0.29) is 12.0 Å². The Morgan fingerprint density at radius 2 is 2.16 bits per heavy atom. The minimum Gasteiger partial charge on any atom is -0.481 e. The number of aliphatic carboxylic acids is 1. The molecule has 1 aliphatic rings. The number of benzene rings is 1. The summed E-state index contributed by atoms with van der Waals surface area (Å²) in [5.74, 6) is -0.952. The van der Waals surface area contributed by atoms with Crippen molar-refractivity contribution in [3.8, 4) is 0 Å². The van der Waals surface area contributed by atoms with Crippen LogP contribution in [-0.4, -0.2) is 34.0 Å². The Labute approximate surface area is 149 Å². The standard InChI is InChI=1S/C21H26N2O2/c1-15-8-9-16(2)19(12-15)20(13-18-7-3-4-10-22-18)23-11-5-6-17(14-23)21(24)25/h3-4,7-10,12,17,20H,5-6,11,13-14H2,1-2H3,(H,24,25). The molecule has 0 amide bonds. The van der Waals surface area contributed by atoms with Gasteiger partial charge in [0.1, 0.15) is 0 Å². The third-order valence-corrected chi connectivity index (χ3v) is 5.17. The van der Waals surface area contributed by atoms with E-state index in [1.54, 1.807) is 0 Å². The van der Waals surface area contributed by atoms with Gasteiger partial charge in [-0.05, 0) is 56.5 Å². The van der Waals surface area contributed by atoms with E-state index in [4.69, 9.17) is 0 Å². The second kappa shape index (κ2) is 7.79. The summed E-state index contributed by atoms with van der Waals surface area (Å²) in [6.07, 6.45) is 4.33. The number of hydrogen-bond acceptors (Lipinski definition) is 3. The number of piperidine rings is 1. The van der Waals surface area contributed by atoms with E-state index in [1.165, 1.54) is 16.7 Å². The van der Waals surface area contributed by atoms with Gasteiger partial charge in [-0.2, -0.15) is 0 Å². The van der Waals surface area contributed by atoms with Crippen LogP contribution in [0.2, 0.25) is 0 Å². The van der Waals surface area contributed by atoms with Crippen LogP contribution in [0.3, 0.4) is 0 Å². The maximum atomic E-state index is 11.5. The van der Waals surface area contributed by atoms with E-state index >= 15 is 0 Å². The van der Waals surface area contributed by atoms with E-state index in [0.717, 1.165) is 31.5 Å². The van der Waals surface area contributed by atoms with Crippen LogP contribution in [0.25, 0.3) is 0 Å². The van der Waals surface area contributed by atoms with Crippen molar-refractivity contribution in [3.05, 3.63) is 65.0 Å². The van der Waals surface area contributed by atoms with Gasteiger partial charge in [-0.25, -0.2) is 0 Å². The van der Waals surface area contributed by atoms with Gasteiger partial charge in [0.2, 0.25) is 0 Å². The Morgan fingerprint density at radius 3 is 2.88 bits per heavy atom. The second-order valence-corrected chi connectivity index (χ2v) is 7.07. The first-order valence-corrected chi connectivity index (χ1v) is 8.98. The number of carbonyl (C=O) groups is 1. The van der Waals surface area contributed by atoms with E-state index in [1.807, 2.05) is 18.3 Å².